The summed E-state index contributed by atoms with van der Waals surface area (Å²) in [5.74, 6) is 0.257. The zero-order valence-electron chi connectivity index (χ0n) is 13.3. The summed E-state index contributed by atoms with van der Waals surface area (Å²) in [6.45, 7) is 6.24. The third kappa shape index (κ3) is 3.17. The molecule has 0 unspecified atom stereocenters. The lowest BCUT2D eigenvalue weighted by molar-refractivity contribution is 0.0864. The number of amides is 1. The summed E-state index contributed by atoms with van der Waals surface area (Å²) in [5, 5.41) is 3.97. The Balaban J connectivity index is 1.59. The van der Waals surface area contributed by atoms with Crippen molar-refractivity contribution in [1.82, 2.24) is 10.2 Å². The van der Waals surface area contributed by atoms with Gasteiger partial charge >= 0.3 is 0 Å². The Hall–Kier alpha value is -1.81. The van der Waals surface area contributed by atoms with Gasteiger partial charge in [0.05, 0.1) is 0 Å². The molecule has 22 heavy (non-hydrogen) atoms. The third-order valence-corrected chi connectivity index (χ3v) is 4.63. The van der Waals surface area contributed by atoms with E-state index in [1.54, 1.807) is 6.07 Å². The van der Waals surface area contributed by atoms with E-state index < -0.39 is 0 Å². The van der Waals surface area contributed by atoms with Crippen LogP contribution in [0.1, 0.15) is 43.7 Å². The number of piperidine rings is 1. The molecule has 2 atom stereocenters. The van der Waals surface area contributed by atoms with Gasteiger partial charge in [0.25, 0.3) is 5.91 Å². The molecule has 118 valence electrons. The van der Waals surface area contributed by atoms with Crippen molar-refractivity contribution in [2.24, 2.45) is 0 Å². The quantitative estimate of drug-likeness (QED) is 0.941. The van der Waals surface area contributed by atoms with Gasteiger partial charge in [0, 0.05) is 24.0 Å². The number of furan rings is 1. The zero-order chi connectivity index (χ0) is 15.5. The van der Waals surface area contributed by atoms with Gasteiger partial charge in [0.15, 0.2) is 5.76 Å². The fraction of sp³-hybridized carbons (Fsp3) is 0.500. The van der Waals surface area contributed by atoms with Gasteiger partial charge in [-0.1, -0.05) is 24.6 Å². The van der Waals surface area contributed by atoms with Gasteiger partial charge in [-0.05, 0) is 45.4 Å². The molecule has 3 rings (SSSR count). The molecule has 0 radical (unpaired) electrons. The third-order valence-electron chi connectivity index (χ3n) is 4.63. The second kappa shape index (κ2) is 6.53. The van der Waals surface area contributed by atoms with Gasteiger partial charge in [0.1, 0.15) is 5.58 Å². The number of nitrogens with one attached hydrogen (secondary N) is 1. The molecule has 0 spiro atoms. The van der Waals surface area contributed by atoms with Gasteiger partial charge in [-0.25, -0.2) is 0 Å². The second-order valence-corrected chi connectivity index (χ2v) is 6.29. The number of benzene rings is 1. The van der Waals surface area contributed by atoms with Crippen LogP contribution in [0.3, 0.4) is 0 Å². The van der Waals surface area contributed by atoms with Crippen LogP contribution in [0.2, 0.25) is 0 Å². The number of para-hydroxylation sites is 1. The fourth-order valence-electron chi connectivity index (χ4n) is 3.31. The molecular formula is C18H24N2O2. The van der Waals surface area contributed by atoms with E-state index in [0.717, 1.165) is 17.5 Å². The van der Waals surface area contributed by atoms with Crippen LogP contribution in [0.15, 0.2) is 34.7 Å². The van der Waals surface area contributed by atoms with Crippen molar-refractivity contribution < 1.29 is 9.21 Å². The van der Waals surface area contributed by atoms with Gasteiger partial charge < -0.3 is 9.73 Å². The summed E-state index contributed by atoms with van der Waals surface area (Å²) in [6, 6.07) is 10.4. The number of rotatable bonds is 4. The van der Waals surface area contributed by atoms with Crippen LogP contribution in [0.25, 0.3) is 11.0 Å². The number of likely N-dealkylation sites (tertiary alicyclic amines) is 1. The molecule has 0 saturated carbocycles. The Morgan fingerprint density at radius 2 is 2.23 bits per heavy atom. The molecule has 1 aromatic heterocycles. The standard InChI is InChI=1S/C18H24N2O2/c1-13-7-5-6-10-20(13)14(2)12-19-18(21)17-11-15-8-3-4-9-16(15)22-17/h3-4,8-9,11,13-14H,5-7,10,12H2,1-2H3,(H,19,21)/t13-,14-/m0/s1. The Labute approximate surface area is 131 Å². The Bertz CT molecular complexity index is 616. The van der Waals surface area contributed by atoms with Crippen LogP contribution >= 0.6 is 0 Å². The molecule has 4 heteroatoms. The maximum Gasteiger partial charge on any atom is 0.287 e. The van der Waals surface area contributed by atoms with Crippen molar-refractivity contribution in [3.63, 3.8) is 0 Å². The summed E-state index contributed by atoms with van der Waals surface area (Å²) in [7, 11) is 0. The van der Waals surface area contributed by atoms with Crippen molar-refractivity contribution in [1.29, 1.82) is 0 Å². The van der Waals surface area contributed by atoms with Crippen LogP contribution in [-0.2, 0) is 0 Å². The highest BCUT2D eigenvalue weighted by molar-refractivity contribution is 5.96. The van der Waals surface area contributed by atoms with E-state index in [1.807, 2.05) is 24.3 Å². The molecule has 2 aromatic rings. The molecule has 1 fully saturated rings. The summed E-state index contributed by atoms with van der Waals surface area (Å²) in [4.78, 5) is 14.7. The highest BCUT2D eigenvalue weighted by atomic mass is 16.3. The molecule has 1 aliphatic rings. The van der Waals surface area contributed by atoms with Crippen LogP contribution < -0.4 is 5.32 Å². The maximum atomic E-state index is 12.3. The number of carbonyl (C=O) groups is 1. The largest absolute Gasteiger partial charge is 0.451 e. The van der Waals surface area contributed by atoms with E-state index >= 15 is 0 Å². The second-order valence-electron chi connectivity index (χ2n) is 6.29. The number of nitrogens with zero attached hydrogens (tertiary/aromatic N) is 1. The van der Waals surface area contributed by atoms with Gasteiger partial charge in [-0.15, -0.1) is 0 Å². The van der Waals surface area contributed by atoms with Gasteiger partial charge in [-0.2, -0.15) is 0 Å². The molecule has 2 heterocycles. The average Bonchev–Trinajstić information content (AvgIpc) is 2.97. The van der Waals surface area contributed by atoms with E-state index in [1.165, 1.54) is 19.3 Å². The smallest absolute Gasteiger partial charge is 0.287 e. The maximum absolute atomic E-state index is 12.3. The topological polar surface area (TPSA) is 45.5 Å². The van der Waals surface area contributed by atoms with Crippen molar-refractivity contribution in [3.05, 3.63) is 36.1 Å². The van der Waals surface area contributed by atoms with Crippen molar-refractivity contribution >= 4 is 16.9 Å². The first-order valence-corrected chi connectivity index (χ1v) is 8.17. The molecule has 0 bridgehead atoms. The summed E-state index contributed by atoms with van der Waals surface area (Å²) < 4.78 is 5.60. The predicted octanol–water partition coefficient (Wildman–Crippen LogP) is 3.43. The van der Waals surface area contributed by atoms with Gasteiger partial charge in [-0.3, -0.25) is 9.69 Å². The number of carbonyl (C=O) groups excluding carboxylic acids is 1. The molecule has 4 nitrogen and oxygen atoms in total. The average molecular weight is 300 g/mol. The molecule has 1 aromatic carbocycles. The summed E-state index contributed by atoms with van der Waals surface area (Å²) in [5.41, 5.74) is 0.755. The van der Waals surface area contributed by atoms with E-state index in [0.29, 0.717) is 24.4 Å². The Morgan fingerprint density at radius 1 is 1.41 bits per heavy atom. The van der Waals surface area contributed by atoms with Crippen LogP contribution in [0, 0.1) is 0 Å². The first-order chi connectivity index (χ1) is 10.6. The molecule has 1 saturated heterocycles. The van der Waals surface area contributed by atoms with Crippen LogP contribution in [0.4, 0.5) is 0 Å². The predicted molar refractivity (Wildman–Crippen MR) is 88.0 cm³/mol. The fourth-order valence-corrected chi connectivity index (χ4v) is 3.31. The summed E-state index contributed by atoms with van der Waals surface area (Å²) >= 11 is 0. The van der Waals surface area contributed by atoms with Crippen LogP contribution in [0.5, 0.6) is 0 Å². The van der Waals surface area contributed by atoms with E-state index in [-0.39, 0.29) is 5.91 Å². The van der Waals surface area contributed by atoms with Crippen LogP contribution in [-0.4, -0.2) is 36.0 Å². The first-order valence-electron chi connectivity index (χ1n) is 8.17. The number of hydrogen-bond donors (Lipinski definition) is 1. The molecule has 0 aliphatic carbocycles. The lowest BCUT2D eigenvalue weighted by Gasteiger charge is -2.38. The lowest BCUT2D eigenvalue weighted by atomic mass is 10.0. The Kier molecular flexibility index (Phi) is 4.48. The summed E-state index contributed by atoms with van der Waals surface area (Å²) in [6.07, 6.45) is 3.82. The van der Waals surface area contributed by atoms with E-state index in [9.17, 15) is 4.79 Å². The minimum Gasteiger partial charge on any atom is -0.451 e. The molecule has 1 N–H and O–H groups in total. The monoisotopic (exact) mass is 300 g/mol. The van der Waals surface area contributed by atoms with Gasteiger partial charge in [0.2, 0.25) is 0 Å². The Morgan fingerprint density at radius 3 is 3.00 bits per heavy atom. The molecule has 1 amide bonds. The van der Waals surface area contributed by atoms with Crippen molar-refractivity contribution in [2.75, 3.05) is 13.1 Å². The lowest BCUT2D eigenvalue weighted by Crippen LogP contribution is -2.48. The highest BCUT2D eigenvalue weighted by Crippen LogP contribution is 2.20. The number of hydrogen-bond acceptors (Lipinski definition) is 3. The molecule has 1 aliphatic heterocycles. The SMILES string of the molecule is C[C@H]1CCCCN1[C@@H](C)CNC(=O)c1cc2ccccc2o1. The zero-order valence-corrected chi connectivity index (χ0v) is 13.3. The minimum atomic E-state index is -0.132. The van der Waals surface area contributed by atoms with E-state index in [2.05, 4.69) is 24.1 Å². The van der Waals surface area contributed by atoms with Crippen molar-refractivity contribution in [3.8, 4) is 0 Å². The van der Waals surface area contributed by atoms with Crippen molar-refractivity contribution in [2.45, 2.75) is 45.2 Å². The number of fused-ring (bicyclic) bond motifs is 1. The first kappa shape index (κ1) is 15.1. The highest BCUT2D eigenvalue weighted by Gasteiger charge is 2.23. The minimum absolute atomic E-state index is 0.132. The van der Waals surface area contributed by atoms with E-state index in [4.69, 9.17) is 4.42 Å². The normalized spacial score (nSPS) is 20.9. The molecular weight excluding hydrogens is 276 g/mol.